The highest BCUT2D eigenvalue weighted by atomic mass is 19.1. The third-order valence-electron chi connectivity index (χ3n) is 3.12. The molecular weight excluding hydrogens is 241 g/mol. The van der Waals surface area contributed by atoms with Crippen LogP contribution in [0.5, 0.6) is 0 Å². The fourth-order valence-corrected chi connectivity index (χ4v) is 2.27. The maximum atomic E-state index is 13.7. The Morgan fingerprint density at radius 3 is 2.84 bits per heavy atom. The van der Waals surface area contributed by atoms with E-state index in [1.165, 1.54) is 6.07 Å². The van der Waals surface area contributed by atoms with Crippen molar-refractivity contribution < 1.29 is 4.39 Å². The van der Waals surface area contributed by atoms with Crippen LogP contribution in [0.25, 0.3) is 11.1 Å². The third-order valence-corrected chi connectivity index (χ3v) is 3.12. The lowest BCUT2D eigenvalue weighted by Gasteiger charge is -2.06. The van der Waals surface area contributed by atoms with Gasteiger partial charge in [0.2, 0.25) is 0 Å². The Labute approximate surface area is 113 Å². The predicted molar refractivity (Wildman–Crippen MR) is 75.4 cm³/mol. The van der Waals surface area contributed by atoms with Gasteiger partial charge in [0, 0.05) is 30.9 Å². The fraction of sp³-hybridized carbons (Fsp3) is 0.400. The lowest BCUT2D eigenvalue weighted by atomic mass is 10.0. The smallest absolute Gasteiger partial charge is 0.127 e. The molecule has 1 aromatic heterocycles. The highest BCUT2D eigenvalue weighted by molar-refractivity contribution is 5.66. The third kappa shape index (κ3) is 3.01. The summed E-state index contributed by atoms with van der Waals surface area (Å²) in [6.07, 6.45) is 3.99. The van der Waals surface area contributed by atoms with E-state index in [0.717, 1.165) is 29.7 Å². The van der Waals surface area contributed by atoms with E-state index in [9.17, 15) is 4.39 Å². The van der Waals surface area contributed by atoms with Crippen LogP contribution in [-0.2, 0) is 20.0 Å². The van der Waals surface area contributed by atoms with E-state index in [0.29, 0.717) is 12.1 Å². The van der Waals surface area contributed by atoms with Gasteiger partial charge in [0.05, 0.1) is 5.69 Å². The van der Waals surface area contributed by atoms with Gasteiger partial charge in [-0.3, -0.25) is 4.68 Å². The van der Waals surface area contributed by atoms with Crippen LogP contribution in [0.4, 0.5) is 4.39 Å². The quantitative estimate of drug-likeness (QED) is 0.897. The van der Waals surface area contributed by atoms with Crippen molar-refractivity contribution in [3.05, 3.63) is 41.5 Å². The van der Waals surface area contributed by atoms with Crippen molar-refractivity contribution in [3.63, 3.8) is 0 Å². The molecule has 0 bridgehead atoms. The van der Waals surface area contributed by atoms with Gasteiger partial charge in [-0.05, 0) is 31.2 Å². The molecular formula is C15H20FN3. The van der Waals surface area contributed by atoms with Gasteiger partial charge >= 0.3 is 0 Å². The van der Waals surface area contributed by atoms with E-state index >= 15 is 0 Å². The minimum Gasteiger partial charge on any atom is -0.316 e. The van der Waals surface area contributed by atoms with Crippen LogP contribution in [0.3, 0.4) is 0 Å². The monoisotopic (exact) mass is 261 g/mol. The summed E-state index contributed by atoms with van der Waals surface area (Å²) in [6, 6.07) is 5.26. The van der Waals surface area contributed by atoms with Crippen LogP contribution in [0.1, 0.15) is 24.6 Å². The zero-order chi connectivity index (χ0) is 13.8. The summed E-state index contributed by atoms with van der Waals surface area (Å²) in [6.45, 7) is 2.67. The van der Waals surface area contributed by atoms with Gasteiger partial charge in [0.1, 0.15) is 5.82 Å². The van der Waals surface area contributed by atoms with Crippen molar-refractivity contribution in [1.82, 2.24) is 15.1 Å². The minimum absolute atomic E-state index is 0.168. The predicted octanol–water partition coefficient (Wildman–Crippen LogP) is 2.90. The van der Waals surface area contributed by atoms with Crippen LogP contribution >= 0.6 is 0 Å². The molecule has 102 valence electrons. The Morgan fingerprint density at radius 2 is 2.16 bits per heavy atom. The number of halogens is 1. The van der Waals surface area contributed by atoms with E-state index in [1.807, 2.05) is 37.1 Å². The first kappa shape index (κ1) is 13.7. The first-order chi connectivity index (χ1) is 9.15. The Balaban J connectivity index is 2.43. The van der Waals surface area contributed by atoms with E-state index in [1.54, 1.807) is 0 Å². The summed E-state index contributed by atoms with van der Waals surface area (Å²) in [5, 5.41) is 7.47. The lowest BCUT2D eigenvalue weighted by molar-refractivity contribution is 0.601. The van der Waals surface area contributed by atoms with Crippen molar-refractivity contribution in [2.45, 2.75) is 26.3 Å². The molecule has 1 N–H and O–H groups in total. The molecule has 0 radical (unpaired) electrons. The molecule has 0 atom stereocenters. The molecule has 0 aliphatic carbocycles. The molecule has 0 amide bonds. The van der Waals surface area contributed by atoms with Gasteiger partial charge in [-0.1, -0.05) is 19.4 Å². The van der Waals surface area contributed by atoms with Gasteiger partial charge in [-0.25, -0.2) is 4.39 Å². The largest absolute Gasteiger partial charge is 0.316 e. The second-order valence-corrected chi connectivity index (χ2v) is 4.75. The molecule has 1 heterocycles. The number of benzene rings is 1. The lowest BCUT2D eigenvalue weighted by Crippen LogP contribution is -2.07. The first-order valence-corrected chi connectivity index (χ1v) is 6.61. The average Bonchev–Trinajstić information content (AvgIpc) is 2.74. The van der Waals surface area contributed by atoms with Gasteiger partial charge in [0.15, 0.2) is 0 Å². The van der Waals surface area contributed by atoms with Crippen molar-refractivity contribution in [1.29, 1.82) is 0 Å². The summed E-state index contributed by atoms with van der Waals surface area (Å²) in [5.74, 6) is -0.168. The second kappa shape index (κ2) is 5.97. The van der Waals surface area contributed by atoms with E-state index in [-0.39, 0.29) is 5.82 Å². The number of hydrogen-bond donors (Lipinski definition) is 1. The number of aromatic nitrogens is 2. The van der Waals surface area contributed by atoms with Crippen molar-refractivity contribution >= 4 is 0 Å². The van der Waals surface area contributed by atoms with Crippen LogP contribution in [0, 0.1) is 5.82 Å². The van der Waals surface area contributed by atoms with Gasteiger partial charge in [0.25, 0.3) is 0 Å². The molecule has 3 nitrogen and oxygen atoms in total. The van der Waals surface area contributed by atoms with Crippen LogP contribution in [0.15, 0.2) is 24.4 Å². The Hall–Kier alpha value is -1.68. The fourth-order valence-electron chi connectivity index (χ4n) is 2.27. The Kier molecular flexibility index (Phi) is 4.32. The number of aryl methyl sites for hydroxylation is 2. The number of nitrogens with one attached hydrogen (secondary N) is 1. The molecule has 2 rings (SSSR count). The second-order valence-electron chi connectivity index (χ2n) is 4.75. The summed E-state index contributed by atoms with van der Waals surface area (Å²) in [7, 11) is 3.74. The topological polar surface area (TPSA) is 29.9 Å². The molecule has 0 saturated carbocycles. The van der Waals surface area contributed by atoms with E-state index in [4.69, 9.17) is 0 Å². The minimum atomic E-state index is -0.168. The Bertz CT molecular complexity index is 561. The molecule has 0 aliphatic rings. The zero-order valence-electron chi connectivity index (χ0n) is 11.7. The van der Waals surface area contributed by atoms with Crippen LogP contribution < -0.4 is 5.32 Å². The highest BCUT2D eigenvalue weighted by Crippen LogP contribution is 2.25. The number of nitrogens with zero attached hydrogens (tertiary/aromatic N) is 2. The first-order valence-electron chi connectivity index (χ1n) is 6.61. The normalized spacial score (nSPS) is 10.9. The summed E-state index contributed by atoms with van der Waals surface area (Å²) < 4.78 is 15.5. The molecule has 0 spiro atoms. The molecule has 1 aromatic carbocycles. The van der Waals surface area contributed by atoms with Crippen molar-refractivity contribution in [3.8, 4) is 11.1 Å². The summed E-state index contributed by atoms with van der Waals surface area (Å²) >= 11 is 0. The summed E-state index contributed by atoms with van der Waals surface area (Å²) in [5.41, 5.74) is 3.89. The summed E-state index contributed by atoms with van der Waals surface area (Å²) in [4.78, 5) is 0. The molecule has 2 aromatic rings. The average molecular weight is 261 g/mol. The number of rotatable bonds is 5. The maximum Gasteiger partial charge on any atom is 0.127 e. The molecule has 0 aliphatic heterocycles. The van der Waals surface area contributed by atoms with Crippen LogP contribution in [-0.4, -0.2) is 16.8 Å². The molecule has 19 heavy (non-hydrogen) atoms. The standard InChI is InChI=1S/C15H20FN3/c1-4-5-15-13(10-19(3)18-15)11-6-7-14(16)12(8-11)9-17-2/h6-8,10,17H,4-5,9H2,1-3H3. The van der Waals surface area contributed by atoms with Crippen molar-refractivity contribution in [2.75, 3.05) is 7.05 Å². The molecule has 0 fully saturated rings. The van der Waals surface area contributed by atoms with Crippen LogP contribution in [0.2, 0.25) is 0 Å². The van der Waals surface area contributed by atoms with Gasteiger partial charge in [-0.15, -0.1) is 0 Å². The van der Waals surface area contributed by atoms with Gasteiger partial charge < -0.3 is 5.32 Å². The molecule has 0 saturated heterocycles. The van der Waals surface area contributed by atoms with Gasteiger partial charge in [-0.2, -0.15) is 5.10 Å². The van der Waals surface area contributed by atoms with E-state index < -0.39 is 0 Å². The van der Waals surface area contributed by atoms with Crippen molar-refractivity contribution in [2.24, 2.45) is 7.05 Å². The van der Waals surface area contributed by atoms with E-state index in [2.05, 4.69) is 17.3 Å². The Morgan fingerprint density at radius 1 is 1.37 bits per heavy atom. The zero-order valence-corrected chi connectivity index (χ0v) is 11.7. The highest BCUT2D eigenvalue weighted by Gasteiger charge is 2.11. The SMILES string of the molecule is CCCc1nn(C)cc1-c1ccc(F)c(CNC)c1. The maximum absolute atomic E-state index is 13.7. The molecule has 4 heteroatoms. The number of hydrogen-bond acceptors (Lipinski definition) is 2. The molecule has 0 unspecified atom stereocenters.